The number of aromatic amines is 1. The highest BCUT2D eigenvalue weighted by molar-refractivity contribution is 6.06. The smallest absolute Gasteiger partial charge is 0.232 e. The number of anilines is 2. The lowest BCUT2D eigenvalue weighted by Gasteiger charge is -2.07. The summed E-state index contributed by atoms with van der Waals surface area (Å²) in [4.78, 5) is 16.8. The Balaban J connectivity index is 1.80. The molecule has 4 aromatic rings. The molecule has 0 saturated heterocycles. The van der Waals surface area contributed by atoms with Gasteiger partial charge in [0, 0.05) is 23.4 Å². The van der Waals surface area contributed by atoms with E-state index in [1.807, 2.05) is 6.92 Å². The van der Waals surface area contributed by atoms with Crippen LogP contribution in [0.4, 0.5) is 20.4 Å². The fourth-order valence-electron chi connectivity index (χ4n) is 2.49. The van der Waals surface area contributed by atoms with Crippen molar-refractivity contribution in [2.75, 3.05) is 5.32 Å². The minimum Gasteiger partial charge on any atom is -0.322 e. The van der Waals surface area contributed by atoms with Crippen molar-refractivity contribution in [3.63, 3.8) is 0 Å². The Kier molecular flexibility index (Phi) is 3.68. The van der Waals surface area contributed by atoms with Crippen LogP contribution in [0.2, 0.25) is 0 Å². The highest BCUT2D eigenvalue weighted by Crippen LogP contribution is 2.21. The van der Waals surface area contributed by atoms with Gasteiger partial charge in [-0.15, -0.1) is 5.10 Å². The molecule has 3 aromatic heterocycles. The number of aryl methyl sites for hydroxylation is 1. The van der Waals surface area contributed by atoms with Crippen LogP contribution in [0.25, 0.3) is 5.52 Å². The van der Waals surface area contributed by atoms with Crippen molar-refractivity contribution in [2.24, 2.45) is 0 Å². The molecule has 0 aliphatic heterocycles. The standard InChI is InChI=1S/C17H12F2N6O/c1-9-6-14(23-22-9)20-16-13-7-12(19)8-25(13)24-17(21-16)15(26)10-2-4-11(18)5-3-10/h2-8H,1H3,(H2,20,21,22,23,24). The summed E-state index contributed by atoms with van der Waals surface area (Å²) < 4.78 is 28.0. The van der Waals surface area contributed by atoms with Gasteiger partial charge in [0.2, 0.25) is 11.6 Å². The number of rotatable bonds is 4. The van der Waals surface area contributed by atoms with Gasteiger partial charge in [-0.05, 0) is 31.2 Å². The van der Waals surface area contributed by atoms with Crippen LogP contribution in [0.3, 0.4) is 0 Å². The summed E-state index contributed by atoms with van der Waals surface area (Å²) in [5.74, 6) is -0.962. The van der Waals surface area contributed by atoms with Crippen molar-refractivity contribution in [1.29, 1.82) is 0 Å². The highest BCUT2D eigenvalue weighted by atomic mass is 19.1. The summed E-state index contributed by atoms with van der Waals surface area (Å²) >= 11 is 0. The van der Waals surface area contributed by atoms with Crippen LogP contribution >= 0.6 is 0 Å². The molecule has 0 unspecified atom stereocenters. The van der Waals surface area contributed by atoms with Crippen LogP contribution in [-0.2, 0) is 0 Å². The molecule has 1 aromatic carbocycles. The fourth-order valence-corrected chi connectivity index (χ4v) is 2.49. The van der Waals surface area contributed by atoms with Crippen molar-refractivity contribution in [1.82, 2.24) is 24.8 Å². The first-order valence-electron chi connectivity index (χ1n) is 7.65. The molecule has 0 aliphatic rings. The van der Waals surface area contributed by atoms with E-state index < -0.39 is 17.4 Å². The van der Waals surface area contributed by atoms with E-state index in [1.165, 1.54) is 34.8 Å². The second kappa shape index (κ2) is 6.03. The Morgan fingerprint density at radius 1 is 1.15 bits per heavy atom. The first-order valence-corrected chi connectivity index (χ1v) is 7.65. The topological polar surface area (TPSA) is 88.0 Å². The van der Waals surface area contributed by atoms with E-state index in [-0.39, 0.29) is 17.2 Å². The Morgan fingerprint density at radius 3 is 2.62 bits per heavy atom. The summed E-state index contributed by atoms with van der Waals surface area (Å²) in [5.41, 5.74) is 1.39. The van der Waals surface area contributed by atoms with Crippen LogP contribution in [0.1, 0.15) is 21.9 Å². The van der Waals surface area contributed by atoms with Gasteiger partial charge in [0.05, 0.1) is 6.20 Å². The zero-order chi connectivity index (χ0) is 18.3. The number of carbonyl (C=O) groups excluding carboxylic acids is 1. The average molecular weight is 354 g/mol. The SMILES string of the molecule is Cc1cc(Nc2nc(C(=O)c3ccc(F)cc3)nn3cc(F)cc23)n[nH]1. The van der Waals surface area contributed by atoms with Crippen molar-refractivity contribution in [3.05, 3.63) is 71.3 Å². The van der Waals surface area contributed by atoms with E-state index in [4.69, 9.17) is 0 Å². The molecule has 2 N–H and O–H groups in total. The highest BCUT2D eigenvalue weighted by Gasteiger charge is 2.18. The molecule has 0 bridgehead atoms. The van der Waals surface area contributed by atoms with Crippen LogP contribution in [0, 0.1) is 18.6 Å². The Morgan fingerprint density at radius 2 is 1.92 bits per heavy atom. The maximum Gasteiger partial charge on any atom is 0.232 e. The van der Waals surface area contributed by atoms with Crippen molar-refractivity contribution < 1.29 is 13.6 Å². The van der Waals surface area contributed by atoms with Crippen molar-refractivity contribution in [3.8, 4) is 0 Å². The van der Waals surface area contributed by atoms with E-state index in [1.54, 1.807) is 6.07 Å². The number of halogens is 2. The van der Waals surface area contributed by atoms with Gasteiger partial charge in [-0.25, -0.2) is 18.3 Å². The number of aromatic nitrogens is 5. The normalized spacial score (nSPS) is 11.0. The third-order valence-electron chi connectivity index (χ3n) is 3.69. The van der Waals surface area contributed by atoms with Gasteiger partial charge in [-0.3, -0.25) is 9.89 Å². The van der Waals surface area contributed by atoms with E-state index in [2.05, 4.69) is 25.6 Å². The van der Waals surface area contributed by atoms with Gasteiger partial charge >= 0.3 is 0 Å². The van der Waals surface area contributed by atoms with Crippen LogP contribution in [0.15, 0.2) is 42.6 Å². The lowest BCUT2D eigenvalue weighted by molar-refractivity contribution is 0.102. The van der Waals surface area contributed by atoms with Gasteiger partial charge in [0.25, 0.3) is 0 Å². The van der Waals surface area contributed by atoms with Crippen LogP contribution in [-0.4, -0.2) is 30.6 Å². The van der Waals surface area contributed by atoms with Crippen molar-refractivity contribution >= 4 is 22.9 Å². The van der Waals surface area contributed by atoms with Gasteiger partial charge in [-0.2, -0.15) is 5.10 Å². The van der Waals surface area contributed by atoms with Gasteiger partial charge < -0.3 is 5.32 Å². The number of carbonyl (C=O) groups is 1. The molecule has 26 heavy (non-hydrogen) atoms. The van der Waals surface area contributed by atoms with Crippen LogP contribution < -0.4 is 5.32 Å². The van der Waals surface area contributed by atoms with Gasteiger partial charge in [0.15, 0.2) is 11.6 Å². The summed E-state index contributed by atoms with van der Waals surface area (Å²) in [7, 11) is 0. The molecule has 0 atom stereocenters. The summed E-state index contributed by atoms with van der Waals surface area (Å²) in [6.07, 6.45) is 1.14. The van der Waals surface area contributed by atoms with E-state index in [0.717, 1.165) is 11.9 Å². The molecule has 0 radical (unpaired) electrons. The van der Waals surface area contributed by atoms with E-state index >= 15 is 0 Å². The molecule has 4 rings (SSSR count). The second-order valence-corrected chi connectivity index (χ2v) is 5.67. The number of hydrogen-bond acceptors (Lipinski definition) is 5. The Labute approximate surface area is 145 Å². The molecule has 9 heteroatoms. The zero-order valence-electron chi connectivity index (χ0n) is 13.5. The number of benzene rings is 1. The monoisotopic (exact) mass is 354 g/mol. The molecule has 130 valence electrons. The minimum atomic E-state index is -0.521. The molecular formula is C17H12F2N6O. The van der Waals surface area contributed by atoms with Gasteiger partial charge in [-0.1, -0.05) is 0 Å². The average Bonchev–Trinajstić information content (AvgIpc) is 3.19. The first kappa shape index (κ1) is 15.9. The predicted octanol–water partition coefficient (Wildman–Crippen LogP) is 3.01. The molecule has 0 spiro atoms. The van der Waals surface area contributed by atoms with Crippen LogP contribution in [0.5, 0.6) is 0 Å². The number of H-pyrrole nitrogens is 1. The molecule has 7 nitrogen and oxygen atoms in total. The molecule has 0 fully saturated rings. The number of ketones is 1. The molecular weight excluding hydrogens is 342 g/mol. The summed E-state index contributed by atoms with van der Waals surface area (Å²) in [6.45, 7) is 1.83. The number of nitrogens with one attached hydrogen (secondary N) is 2. The van der Waals surface area contributed by atoms with E-state index in [0.29, 0.717) is 11.3 Å². The largest absolute Gasteiger partial charge is 0.322 e. The Bertz CT molecular complexity index is 1120. The molecule has 3 heterocycles. The molecule has 0 amide bonds. The van der Waals surface area contributed by atoms with Crippen molar-refractivity contribution in [2.45, 2.75) is 6.92 Å². The first-order chi connectivity index (χ1) is 12.5. The second-order valence-electron chi connectivity index (χ2n) is 5.67. The van der Waals surface area contributed by atoms with Gasteiger partial charge in [0.1, 0.15) is 17.2 Å². The minimum absolute atomic E-state index is 0.158. The maximum absolute atomic E-state index is 13.7. The lowest BCUT2D eigenvalue weighted by atomic mass is 10.1. The lowest BCUT2D eigenvalue weighted by Crippen LogP contribution is -2.12. The predicted molar refractivity (Wildman–Crippen MR) is 89.4 cm³/mol. The fraction of sp³-hybridized carbons (Fsp3) is 0.0588. The molecule has 0 aliphatic carbocycles. The van der Waals surface area contributed by atoms with E-state index in [9.17, 15) is 13.6 Å². The zero-order valence-corrected chi connectivity index (χ0v) is 13.5. The quantitative estimate of drug-likeness (QED) is 0.550. The Hall–Kier alpha value is -3.62. The summed E-state index contributed by atoms with van der Waals surface area (Å²) in [6, 6.07) is 8.00. The third kappa shape index (κ3) is 2.90. The number of hydrogen-bond donors (Lipinski definition) is 2. The number of fused-ring (bicyclic) bond motifs is 1. The maximum atomic E-state index is 13.7. The number of nitrogens with zero attached hydrogens (tertiary/aromatic N) is 4. The summed E-state index contributed by atoms with van der Waals surface area (Å²) in [5, 5.41) is 13.8. The molecule has 0 saturated carbocycles. The third-order valence-corrected chi connectivity index (χ3v) is 3.69.